The lowest BCUT2D eigenvalue weighted by Crippen LogP contribution is -2.39. The van der Waals surface area contributed by atoms with Crippen LogP contribution in [0.2, 0.25) is 0 Å². The third kappa shape index (κ3) is 5.92. The van der Waals surface area contributed by atoms with Crippen molar-refractivity contribution in [3.8, 4) is 11.3 Å². The molecule has 0 fully saturated rings. The average molecular weight is 516 g/mol. The highest BCUT2D eigenvalue weighted by molar-refractivity contribution is 6.09. The summed E-state index contributed by atoms with van der Waals surface area (Å²) in [4.78, 5) is 39.2. The summed E-state index contributed by atoms with van der Waals surface area (Å²) in [6.07, 6.45) is 0.541. The Balaban J connectivity index is 1.74. The minimum absolute atomic E-state index is 0.0863. The van der Waals surface area contributed by atoms with Crippen molar-refractivity contribution in [1.82, 2.24) is 9.88 Å². The Morgan fingerprint density at radius 1 is 0.868 bits per heavy atom. The molecule has 3 aromatic carbocycles. The Morgan fingerprint density at radius 3 is 2.16 bits per heavy atom. The zero-order valence-electron chi connectivity index (χ0n) is 21.0. The third-order valence-corrected chi connectivity index (χ3v) is 6.28. The predicted molar refractivity (Wildman–Crippen MR) is 143 cm³/mol. The van der Waals surface area contributed by atoms with Crippen molar-refractivity contribution in [2.45, 2.75) is 25.9 Å². The number of likely N-dealkylation sites (N-methyl/N-ethyl adjacent to an activating group) is 1. The molecule has 4 rings (SSSR count). The van der Waals surface area contributed by atoms with Crippen molar-refractivity contribution in [2.75, 3.05) is 12.4 Å². The summed E-state index contributed by atoms with van der Waals surface area (Å²) in [7, 11) is 1.67. The molecular formula is C30H27F2N3O3. The monoisotopic (exact) mass is 515 g/mol. The number of nitrogens with one attached hydrogen (secondary N) is 2. The summed E-state index contributed by atoms with van der Waals surface area (Å²) in [5.74, 6) is -1.46. The molecule has 1 amide bonds. The van der Waals surface area contributed by atoms with Gasteiger partial charge < -0.3 is 15.2 Å². The molecular weight excluding hydrogens is 488 g/mol. The van der Waals surface area contributed by atoms with E-state index in [1.807, 2.05) is 6.92 Å². The molecule has 2 N–H and O–H groups in total. The van der Waals surface area contributed by atoms with Crippen LogP contribution in [0, 0.1) is 11.6 Å². The summed E-state index contributed by atoms with van der Waals surface area (Å²) in [6.45, 7) is 1.94. The molecule has 0 aliphatic rings. The molecule has 0 radical (unpaired) electrons. The summed E-state index contributed by atoms with van der Waals surface area (Å²) < 4.78 is 28.4. The van der Waals surface area contributed by atoms with E-state index in [2.05, 4.69) is 10.6 Å². The Morgan fingerprint density at radius 2 is 1.53 bits per heavy atom. The third-order valence-electron chi connectivity index (χ3n) is 6.28. The Hall–Kier alpha value is -4.43. The second-order valence-corrected chi connectivity index (χ2v) is 8.81. The molecule has 1 atom stereocenters. The van der Waals surface area contributed by atoms with Gasteiger partial charge in [0.05, 0.1) is 18.3 Å². The molecule has 8 heteroatoms. The van der Waals surface area contributed by atoms with Gasteiger partial charge in [-0.1, -0.05) is 25.1 Å². The van der Waals surface area contributed by atoms with Gasteiger partial charge in [0.2, 0.25) is 5.91 Å². The number of rotatable bonds is 9. The molecule has 0 saturated heterocycles. The molecule has 0 unspecified atom stereocenters. The Labute approximate surface area is 219 Å². The van der Waals surface area contributed by atoms with E-state index in [9.17, 15) is 23.2 Å². The minimum Gasteiger partial charge on any atom is -0.320 e. The second-order valence-electron chi connectivity index (χ2n) is 8.81. The van der Waals surface area contributed by atoms with Gasteiger partial charge in [-0.2, -0.15) is 0 Å². The molecule has 6 nitrogen and oxygen atoms in total. The van der Waals surface area contributed by atoms with E-state index in [0.29, 0.717) is 34.4 Å². The van der Waals surface area contributed by atoms with E-state index < -0.39 is 23.2 Å². The number of carbonyl (C=O) groups excluding carboxylic acids is 2. The van der Waals surface area contributed by atoms with Crippen LogP contribution in [0.15, 0.2) is 89.7 Å². The predicted octanol–water partition coefficient (Wildman–Crippen LogP) is 5.01. The number of ketones is 1. The summed E-state index contributed by atoms with van der Waals surface area (Å²) in [5, 5.41) is 5.61. The molecule has 0 spiro atoms. The summed E-state index contributed by atoms with van der Waals surface area (Å²) in [6, 6.07) is 20.6. The zero-order chi connectivity index (χ0) is 27.2. The summed E-state index contributed by atoms with van der Waals surface area (Å²) in [5.41, 5.74) is 2.18. The van der Waals surface area contributed by atoms with E-state index in [0.717, 1.165) is 0 Å². The van der Waals surface area contributed by atoms with E-state index >= 15 is 0 Å². The van der Waals surface area contributed by atoms with Crippen LogP contribution in [0.3, 0.4) is 0 Å². The van der Waals surface area contributed by atoms with Gasteiger partial charge in [0, 0.05) is 11.1 Å². The van der Waals surface area contributed by atoms with Gasteiger partial charge in [0.25, 0.3) is 5.56 Å². The number of nitrogens with zero attached hydrogens (tertiary/aromatic N) is 1. The second kappa shape index (κ2) is 11.7. The molecule has 1 aromatic heterocycles. The van der Waals surface area contributed by atoms with Crippen LogP contribution in [-0.2, 0) is 11.3 Å². The lowest BCUT2D eigenvalue weighted by molar-refractivity contribution is -0.118. The van der Waals surface area contributed by atoms with Crippen molar-refractivity contribution in [3.05, 3.63) is 124 Å². The average Bonchev–Trinajstić information content (AvgIpc) is 2.92. The van der Waals surface area contributed by atoms with Crippen molar-refractivity contribution < 1.29 is 18.4 Å². The number of carbonyl (C=O) groups is 2. The number of benzene rings is 3. The molecule has 0 aliphatic carbocycles. The van der Waals surface area contributed by atoms with Gasteiger partial charge >= 0.3 is 0 Å². The number of pyridine rings is 1. The maximum absolute atomic E-state index is 13.6. The first-order valence-electron chi connectivity index (χ1n) is 12.2. The van der Waals surface area contributed by atoms with Crippen LogP contribution in [0.1, 0.15) is 34.8 Å². The fourth-order valence-corrected chi connectivity index (χ4v) is 4.21. The van der Waals surface area contributed by atoms with Crippen molar-refractivity contribution in [1.29, 1.82) is 0 Å². The Bertz CT molecular complexity index is 1510. The quantitative estimate of drug-likeness (QED) is 0.307. The van der Waals surface area contributed by atoms with Gasteiger partial charge in [-0.3, -0.25) is 14.4 Å². The smallest absolute Gasteiger partial charge is 0.275 e. The van der Waals surface area contributed by atoms with Crippen LogP contribution in [0.25, 0.3) is 11.3 Å². The molecule has 38 heavy (non-hydrogen) atoms. The van der Waals surface area contributed by atoms with E-state index in [4.69, 9.17) is 0 Å². The normalized spacial score (nSPS) is 11.7. The summed E-state index contributed by atoms with van der Waals surface area (Å²) >= 11 is 0. The highest BCUT2D eigenvalue weighted by atomic mass is 19.1. The van der Waals surface area contributed by atoms with Crippen LogP contribution in [0.4, 0.5) is 14.5 Å². The lowest BCUT2D eigenvalue weighted by Gasteiger charge is -2.18. The number of hydrogen-bond acceptors (Lipinski definition) is 4. The molecule has 4 aromatic rings. The van der Waals surface area contributed by atoms with Gasteiger partial charge in [-0.25, -0.2) is 8.78 Å². The highest BCUT2D eigenvalue weighted by Gasteiger charge is 2.18. The lowest BCUT2D eigenvalue weighted by atomic mass is 10.0. The standard InChI is InChI=1S/C30H27F2N3O3/c1-3-25(33-2)29(37)34-26-15-16-27(20-7-11-23(31)12-8-20)35(30(26)38)18-19-5-4-6-22(17-19)28(36)21-9-13-24(32)14-10-21/h4-17,25,33H,3,18H2,1-2H3,(H,34,37)/t25-/m0/s1. The van der Waals surface area contributed by atoms with Gasteiger partial charge in [-0.15, -0.1) is 0 Å². The first-order valence-corrected chi connectivity index (χ1v) is 12.2. The van der Waals surface area contributed by atoms with Crippen molar-refractivity contribution in [3.63, 3.8) is 0 Å². The van der Waals surface area contributed by atoms with E-state index in [1.54, 1.807) is 49.5 Å². The number of amides is 1. The van der Waals surface area contributed by atoms with E-state index in [1.165, 1.54) is 47.0 Å². The number of aromatic nitrogens is 1. The maximum atomic E-state index is 13.6. The van der Waals surface area contributed by atoms with Gasteiger partial charge in [0.15, 0.2) is 5.78 Å². The van der Waals surface area contributed by atoms with Crippen LogP contribution in [-0.4, -0.2) is 29.3 Å². The largest absolute Gasteiger partial charge is 0.320 e. The SMILES string of the molecule is CC[C@H](NC)C(=O)Nc1ccc(-c2ccc(F)cc2)n(Cc2cccc(C(=O)c3ccc(F)cc3)c2)c1=O. The van der Waals surface area contributed by atoms with Crippen LogP contribution in [0.5, 0.6) is 0 Å². The molecule has 1 heterocycles. The Kier molecular flexibility index (Phi) is 8.23. The van der Waals surface area contributed by atoms with E-state index in [-0.39, 0.29) is 23.9 Å². The molecule has 0 bridgehead atoms. The zero-order valence-corrected chi connectivity index (χ0v) is 21.0. The van der Waals surface area contributed by atoms with Crippen LogP contribution >= 0.6 is 0 Å². The highest BCUT2D eigenvalue weighted by Crippen LogP contribution is 2.22. The minimum atomic E-state index is -0.464. The fraction of sp³-hybridized carbons (Fsp3) is 0.167. The molecule has 0 aliphatic heterocycles. The van der Waals surface area contributed by atoms with Crippen LogP contribution < -0.4 is 16.2 Å². The molecule has 0 saturated carbocycles. The fourth-order valence-electron chi connectivity index (χ4n) is 4.21. The number of halogens is 2. The topological polar surface area (TPSA) is 80.2 Å². The number of anilines is 1. The van der Waals surface area contributed by atoms with Crippen molar-refractivity contribution in [2.24, 2.45) is 0 Å². The molecule has 194 valence electrons. The first kappa shape index (κ1) is 26.6. The van der Waals surface area contributed by atoms with Crippen molar-refractivity contribution >= 4 is 17.4 Å². The first-order chi connectivity index (χ1) is 18.3. The van der Waals surface area contributed by atoms with Gasteiger partial charge in [-0.05, 0) is 91.3 Å². The number of hydrogen-bond donors (Lipinski definition) is 2. The van der Waals surface area contributed by atoms with Gasteiger partial charge in [0.1, 0.15) is 17.3 Å². The maximum Gasteiger partial charge on any atom is 0.275 e.